The van der Waals surface area contributed by atoms with Crippen molar-refractivity contribution < 1.29 is 9.59 Å². The van der Waals surface area contributed by atoms with Gasteiger partial charge < -0.3 is 9.80 Å². The number of rotatable bonds is 3. The Bertz CT molecular complexity index is 686. The topological polar surface area (TPSA) is 40.6 Å². The summed E-state index contributed by atoms with van der Waals surface area (Å²) in [5.74, 6) is 1.29. The van der Waals surface area contributed by atoms with Crippen molar-refractivity contribution in [2.24, 2.45) is 17.3 Å². The minimum Gasteiger partial charge on any atom is -0.341 e. The summed E-state index contributed by atoms with van der Waals surface area (Å²) >= 11 is 0. The molecule has 0 unspecified atom stereocenters. The average Bonchev–Trinajstić information content (AvgIpc) is 3.02. The van der Waals surface area contributed by atoms with Crippen LogP contribution in [-0.2, 0) is 16.1 Å². The van der Waals surface area contributed by atoms with Crippen LogP contribution in [0.15, 0.2) is 24.3 Å². The Morgan fingerprint density at radius 3 is 2.75 bits per heavy atom. The summed E-state index contributed by atoms with van der Waals surface area (Å²) in [5, 5.41) is 0. The van der Waals surface area contributed by atoms with E-state index in [0.717, 1.165) is 32.4 Å². The molecule has 4 nitrogen and oxygen atoms in total. The van der Waals surface area contributed by atoms with Crippen LogP contribution >= 0.6 is 0 Å². The maximum atomic E-state index is 13.0. The third kappa shape index (κ3) is 2.62. The van der Waals surface area contributed by atoms with Gasteiger partial charge in [-0.3, -0.25) is 9.59 Å². The summed E-state index contributed by atoms with van der Waals surface area (Å²) in [6.45, 7) is 7.11. The molecule has 2 amide bonds. The van der Waals surface area contributed by atoms with Crippen molar-refractivity contribution in [2.45, 2.75) is 39.7 Å². The smallest absolute Gasteiger partial charge is 0.231 e. The van der Waals surface area contributed by atoms with Gasteiger partial charge in [0.1, 0.15) is 0 Å². The molecule has 1 spiro atoms. The van der Waals surface area contributed by atoms with Crippen LogP contribution in [0.25, 0.3) is 0 Å². The van der Waals surface area contributed by atoms with E-state index in [1.807, 2.05) is 15.9 Å². The lowest BCUT2D eigenvalue weighted by Gasteiger charge is -2.24. The van der Waals surface area contributed by atoms with Gasteiger partial charge in [-0.2, -0.15) is 0 Å². The highest BCUT2D eigenvalue weighted by atomic mass is 16.2. The van der Waals surface area contributed by atoms with Crippen LogP contribution in [0.1, 0.15) is 37.3 Å². The molecule has 2 aliphatic heterocycles. The van der Waals surface area contributed by atoms with Crippen LogP contribution < -0.4 is 0 Å². The van der Waals surface area contributed by atoms with E-state index in [9.17, 15) is 9.59 Å². The first-order valence-electron chi connectivity index (χ1n) is 9.12. The fraction of sp³-hybridized carbons (Fsp3) is 0.600. The van der Waals surface area contributed by atoms with E-state index in [4.69, 9.17) is 0 Å². The van der Waals surface area contributed by atoms with Gasteiger partial charge in [0, 0.05) is 32.1 Å². The van der Waals surface area contributed by atoms with E-state index in [1.165, 1.54) is 11.1 Å². The molecule has 0 N–H and O–H groups in total. The summed E-state index contributed by atoms with van der Waals surface area (Å²) in [5.41, 5.74) is 2.11. The lowest BCUT2D eigenvalue weighted by atomic mass is 9.85. The second-order valence-corrected chi connectivity index (χ2v) is 8.08. The zero-order chi connectivity index (χ0) is 16.9. The van der Waals surface area contributed by atoms with Gasteiger partial charge in [0.25, 0.3) is 0 Å². The number of hydrogen-bond donors (Lipinski definition) is 0. The highest BCUT2D eigenvalue weighted by Gasteiger charge is 2.53. The lowest BCUT2D eigenvalue weighted by molar-refractivity contribution is -0.137. The van der Waals surface area contributed by atoms with Gasteiger partial charge >= 0.3 is 0 Å². The van der Waals surface area contributed by atoms with Crippen LogP contribution in [0, 0.1) is 24.2 Å². The van der Waals surface area contributed by atoms with Gasteiger partial charge in [0.2, 0.25) is 11.8 Å². The minimum absolute atomic E-state index is 0.222. The Morgan fingerprint density at radius 2 is 2.04 bits per heavy atom. The maximum Gasteiger partial charge on any atom is 0.231 e. The molecule has 0 aromatic heterocycles. The van der Waals surface area contributed by atoms with E-state index < -0.39 is 0 Å². The monoisotopic (exact) mass is 326 g/mol. The maximum absolute atomic E-state index is 13.0. The number of amides is 2. The van der Waals surface area contributed by atoms with Gasteiger partial charge in [-0.15, -0.1) is 0 Å². The van der Waals surface area contributed by atoms with Crippen LogP contribution in [0.4, 0.5) is 0 Å². The first-order valence-corrected chi connectivity index (χ1v) is 9.12. The summed E-state index contributed by atoms with van der Waals surface area (Å²) in [6.07, 6.45) is 2.75. The predicted octanol–water partition coefficient (Wildman–Crippen LogP) is 2.60. The molecule has 3 atom stereocenters. The lowest BCUT2D eigenvalue weighted by Crippen LogP contribution is -2.38. The third-order valence-corrected chi connectivity index (χ3v) is 6.15. The number of carbonyl (C=O) groups is 2. The van der Waals surface area contributed by atoms with Crippen molar-refractivity contribution in [3.8, 4) is 0 Å². The number of nitrogens with zero attached hydrogens (tertiary/aromatic N) is 2. The van der Waals surface area contributed by atoms with Crippen LogP contribution in [0.2, 0.25) is 0 Å². The Labute approximate surface area is 143 Å². The quantitative estimate of drug-likeness (QED) is 0.857. The van der Waals surface area contributed by atoms with Crippen LogP contribution in [0.5, 0.6) is 0 Å². The summed E-state index contributed by atoms with van der Waals surface area (Å²) in [4.78, 5) is 29.4. The highest BCUT2D eigenvalue weighted by molar-refractivity contribution is 5.88. The van der Waals surface area contributed by atoms with Crippen LogP contribution in [0.3, 0.4) is 0 Å². The number of benzene rings is 1. The Kier molecular flexibility index (Phi) is 3.66. The average molecular weight is 326 g/mol. The molecule has 2 saturated heterocycles. The van der Waals surface area contributed by atoms with Gasteiger partial charge in [-0.1, -0.05) is 36.8 Å². The molecule has 3 aliphatic rings. The Hall–Kier alpha value is -1.84. The number of hydrogen-bond acceptors (Lipinski definition) is 2. The van der Waals surface area contributed by atoms with Gasteiger partial charge in [-0.25, -0.2) is 0 Å². The molecule has 4 heteroatoms. The second-order valence-electron chi connectivity index (χ2n) is 8.08. The normalized spacial score (nSPS) is 32.0. The number of aryl methyl sites for hydroxylation is 1. The number of likely N-dealkylation sites (tertiary alicyclic amines) is 2. The van der Waals surface area contributed by atoms with E-state index in [1.54, 1.807) is 0 Å². The zero-order valence-electron chi connectivity index (χ0n) is 14.6. The summed E-state index contributed by atoms with van der Waals surface area (Å²) < 4.78 is 0. The Balaban J connectivity index is 1.42. The molecule has 2 heterocycles. The van der Waals surface area contributed by atoms with E-state index >= 15 is 0 Å². The summed E-state index contributed by atoms with van der Waals surface area (Å²) in [7, 11) is 0. The van der Waals surface area contributed by atoms with Crippen molar-refractivity contribution >= 4 is 11.8 Å². The van der Waals surface area contributed by atoms with Crippen molar-refractivity contribution in [2.75, 3.05) is 19.6 Å². The van der Waals surface area contributed by atoms with Crippen molar-refractivity contribution in [3.05, 3.63) is 35.4 Å². The Morgan fingerprint density at radius 1 is 1.29 bits per heavy atom. The van der Waals surface area contributed by atoms with Gasteiger partial charge in [0.05, 0.1) is 5.41 Å². The SMILES string of the molecule is Cc1cccc(CN2CC[C@]3(CCN(C(=O)[C@H]4C[C@H]4C)C3)C2=O)c1. The molecule has 3 fully saturated rings. The second kappa shape index (κ2) is 5.61. The fourth-order valence-electron chi connectivity index (χ4n) is 4.41. The number of carbonyl (C=O) groups excluding carboxylic acids is 2. The van der Waals surface area contributed by atoms with E-state index in [-0.39, 0.29) is 23.1 Å². The zero-order valence-corrected chi connectivity index (χ0v) is 14.6. The summed E-state index contributed by atoms with van der Waals surface area (Å²) in [6, 6.07) is 8.37. The van der Waals surface area contributed by atoms with Crippen molar-refractivity contribution in [1.29, 1.82) is 0 Å². The molecule has 0 bridgehead atoms. The molecular formula is C20H26N2O2. The molecule has 1 aromatic carbocycles. The standard InChI is InChI=1S/C20H26N2O2/c1-14-4-3-5-16(10-14)12-21-8-6-20(19(21)24)7-9-22(13-20)18(23)17-11-15(17)2/h3-5,10,15,17H,6-9,11-13H2,1-2H3/t15-,17+,20-/m1/s1. The predicted molar refractivity (Wildman–Crippen MR) is 92.1 cm³/mol. The molecule has 4 rings (SSSR count). The fourth-order valence-corrected chi connectivity index (χ4v) is 4.41. The molecular weight excluding hydrogens is 300 g/mol. The molecule has 128 valence electrons. The van der Waals surface area contributed by atoms with Gasteiger partial charge in [-0.05, 0) is 37.7 Å². The van der Waals surface area contributed by atoms with Crippen molar-refractivity contribution in [3.63, 3.8) is 0 Å². The third-order valence-electron chi connectivity index (χ3n) is 6.15. The van der Waals surface area contributed by atoms with Crippen LogP contribution in [-0.4, -0.2) is 41.2 Å². The van der Waals surface area contributed by atoms with E-state index in [2.05, 4.69) is 32.0 Å². The van der Waals surface area contributed by atoms with Crippen molar-refractivity contribution in [1.82, 2.24) is 9.80 Å². The molecule has 1 aromatic rings. The highest BCUT2D eigenvalue weighted by Crippen LogP contribution is 2.45. The first kappa shape index (κ1) is 15.7. The van der Waals surface area contributed by atoms with Gasteiger partial charge in [0.15, 0.2) is 0 Å². The van der Waals surface area contributed by atoms with E-state index in [0.29, 0.717) is 19.0 Å². The molecule has 24 heavy (non-hydrogen) atoms. The molecule has 0 radical (unpaired) electrons. The minimum atomic E-state index is -0.308. The molecule has 1 aliphatic carbocycles. The largest absolute Gasteiger partial charge is 0.341 e. The first-order chi connectivity index (χ1) is 11.5. The molecule has 1 saturated carbocycles.